The molecule has 0 bridgehead atoms. The van der Waals surface area contributed by atoms with Crippen molar-refractivity contribution in [1.29, 1.82) is 0 Å². The third-order valence-corrected chi connectivity index (χ3v) is 2.93. The molecule has 0 aromatic heterocycles. The zero-order valence-corrected chi connectivity index (χ0v) is 12.2. The van der Waals surface area contributed by atoms with Gasteiger partial charge in [-0.2, -0.15) is 0 Å². The van der Waals surface area contributed by atoms with Crippen LogP contribution in [0.5, 0.6) is 5.75 Å². The van der Waals surface area contributed by atoms with Crippen LogP contribution in [-0.2, 0) is 0 Å². The minimum absolute atomic E-state index is 0.372. The van der Waals surface area contributed by atoms with Crippen LogP contribution in [0.2, 0.25) is 5.02 Å². The molecular weight excluding hydrogens is 288 g/mol. The van der Waals surface area contributed by atoms with Gasteiger partial charge in [0, 0.05) is 11.2 Å². The van der Waals surface area contributed by atoms with E-state index in [0.717, 1.165) is 5.56 Å². The van der Waals surface area contributed by atoms with E-state index in [0.29, 0.717) is 16.5 Å². The van der Waals surface area contributed by atoms with Gasteiger partial charge < -0.3 is 15.4 Å². The first-order valence-electron chi connectivity index (χ1n) is 6.31. The van der Waals surface area contributed by atoms with E-state index < -0.39 is 0 Å². The number of ether oxygens (including phenoxy) is 1. The molecule has 0 fully saturated rings. The summed E-state index contributed by atoms with van der Waals surface area (Å²) in [6.45, 7) is 0. The van der Waals surface area contributed by atoms with E-state index in [4.69, 9.17) is 16.3 Å². The molecule has 0 aliphatic rings. The molecule has 0 atom stereocenters. The Morgan fingerprint density at radius 2 is 1.95 bits per heavy atom. The molecule has 108 valence electrons. The molecule has 0 aliphatic heterocycles. The van der Waals surface area contributed by atoms with Crippen LogP contribution in [0.3, 0.4) is 0 Å². The smallest absolute Gasteiger partial charge is 0.323 e. The van der Waals surface area contributed by atoms with Gasteiger partial charge in [-0.15, -0.1) is 0 Å². The van der Waals surface area contributed by atoms with Crippen molar-refractivity contribution in [3.63, 3.8) is 0 Å². The second-order valence-corrected chi connectivity index (χ2v) is 4.62. The number of urea groups is 1. The third-order valence-electron chi connectivity index (χ3n) is 2.70. The van der Waals surface area contributed by atoms with Crippen LogP contribution >= 0.6 is 11.6 Å². The Morgan fingerprint density at radius 3 is 2.67 bits per heavy atom. The van der Waals surface area contributed by atoms with E-state index >= 15 is 0 Å². The molecule has 0 heterocycles. The summed E-state index contributed by atoms with van der Waals surface area (Å²) in [6.07, 6.45) is 3.37. The molecule has 0 spiro atoms. The number of carbonyl (C=O) groups is 1. The van der Waals surface area contributed by atoms with Gasteiger partial charge in [-0.3, -0.25) is 0 Å². The Kier molecular flexibility index (Phi) is 5.23. The predicted octanol–water partition coefficient (Wildman–Crippen LogP) is 4.14. The standard InChI is InChI=1S/C16H15ClN2O2/c1-21-15-8-7-13(17)11-14(15)19-16(20)18-10-9-12-5-3-2-4-6-12/h2-11H,1H3,(H2,18,19,20)/b10-9+. The van der Waals surface area contributed by atoms with Crippen LogP contribution < -0.4 is 15.4 Å². The molecule has 0 aliphatic carbocycles. The molecule has 5 heteroatoms. The number of hydrogen-bond donors (Lipinski definition) is 2. The van der Waals surface area contributed by atoms with Crippen molar-refractivity contribution in [3.8, 4) is 5.75 Å². The van der Waals surface area contributed by atoms with Crippen LogP contribution in [0.1, 0.15) is 5.56 Å². The lowest BCUT2D eigenvalue weighted by Crippen LogP contribution is -2.24. The molecule has 2 aromatic carbocycles. The zero-order chi connectivity index (χ0) is 15.1. The summed E-state index contributed by atoms with van der Waals surface area (Å²) in [5.41, 5.74) is 1.51. The summed E-state index contributed by atoms with van der Waals surface area (Å²) in [4.78, 5) is 11.8. The number of methoxy groups -OCH3 is 1. The summed E-state index contributed by atoms with van der Waals surface area (Å²) in [5.74, 6) is 0.543. The van der Waals surface area contributed by atoms with Gasteiger partial charge in [-0.1, -0.05) is 41.9 Å². The molecule has 4 nitrogen and oxygen atoms in total. The molecule has 2 N–H and O–H groups in total. The van der Waals surface area contributed by atoms with Crippen molar-refractivity contribution in [2.75, 3.05) is 12.4 Å². The lowest BCUT2D eigenvalue weighted by Gasteiger charge is -2.10. The van der Waals surface area contributed by atoms with E-state index in [9.17, 15) is 4.79 Å². The largest absolute Gasteiger partial charge is 0.495 e. The van der Waals surface area contributed by atoms with Gasteiger partial charge in [-0.05, 0) is 29.8 Å². The van der Waals surface area contributed by atoms with Crippen molar-refractivity contribution in [2.45, 2.75) is 0 Å². The van der Waals surface area contributed by atoms with Crippen LogP contribution in [0.4, 0.5) is 10.5 Å². The first-order chi connectivity index (χ1) is 10.2. The Hall–Kier alpha value is -2.46. The monoisotopic (exact) mass is 302 g/mol. The van der Waals surface area contributed by atoms with Gasteiger partial charge >= 0.3 is 6.03 Å². The summed E-state index contributed by atoms with van der Waals surface area (Å²) in [5, 5.41) is 5.82. The Morgan fingerprint density at radius 1 is 1.19 bits per heavy atom. The van der Waals surface area contributed by atoms with E-state index in [1.165, 1.54) is 7.11 Å². The van der Waals surface area contributed by atoms with Gasteiger partial charge in [-0.25, -0.2) is 4.79 Å². The van der Waals surface area contributed by atoms with Gasteiger partial charge in [0.15, 0.2) is 0 Å². The average molecular weight is 303 g/mol. The summed E-state index contributed by atoms with van der Waals surface area (Å²) in [6, 6.07) is 14.3. The quantitative estimate of drug-likeness (QED) is 0.891. The molecule has 0 saturated heterocycles. The van der Waals surface area contributed by atoms with Crippen molar-refractivity contribution >= 4 is 29.4 Å². The van der Waals surface area contributed by atoms with Gasteiger partial charge in [0.1, 0.15) is 5.75 Å². The topological polar surface area (TPSA) is 50.4 Å². The van der Waals surface area contributed by atoms with Gasteiger partial charge in [0.05, 0.1) is 12.8 Å². The van der Waals surface area contributed by atoms with E-state index in [1.807, 2.05) is 30.3 Å². The maximum atomic E-state index is 11.8. The van der Waals surface area contributed by atoms with E-state index in [-0.39, 0.29) is 6.03 Å². The first kappa shape index (κ1) is 14.9. The fraction of sp³-hybridized carbons (Fsp3) is 0.0625. The maximum absolute atomic E-state index is 11.8. The number of halogens is 1. The number of rotatable bonds is 4. The first-order valence-corrected chi connectivity index (χ1v) is 6.69. The minimum Gasteiger partial charge on any atom is -0.495 e. The Bertz CT molecular complexity index is 642. The van der Waals surface area contributed by atoms with Crippen LogP contribution in [0, 0.1) is 0 Å². The zero-order valence-electron chi connectivity index (χ0n) is 11.5. The fourth-order valence-corrected chi connectivity index (χ4v) is 1.89. The molecule has 2 amide bonds. The number of carbonyl (C=O) groups excluding carboxylic acids is 1. The molecule has 21 heavy (non-hydrogen) atoms. The van der Waals surface area contributed by atoms with E-state index in [1.54, 1.807) is 30.5 Å². The van der Waals surface area contributed by atoms with E-state index in [2.05, 4.69) is 10.6 Å². The van der Waals surface area contributed by atoms with Gasteiger partial charge in [0.25, 0.3) is 0 Å². The SMILES string of the molecule is COc1ccc(Cl)cc1NC(=O)N/C=C/c1ccccc1. The Balaban J connectivity index is 1.96. The summed E-state index contributed by atoms with van der Waals surface area (Å²) < 4.78 is 5.16. The van der Waals surface area contributed by atoms with Crippen molar-refractivity contribution in [3.05, 3.63) is 65.3 Å². The maximum Gasteiger partial charge on any atom is 0.323 e. The second kappa shape index (κ2) is 7.36. The van der Waals surface area contributed by atoms with Crippen LogP contribution in [0.25, 0.3) is 6.08 Å². The summed E-state index contributed by atoms with van der Waals surface area (Å²) >= 11 is 5.90. The highest BCUT2D eigenvalue weighted by atomic mass is 35.5. The normalized spacial score (nSPS) is 10.4. The third kappa shape index (κ3) is 4.54. The Labute approximate surface area is 128 Å². The lowest BCUT2D eigenvalue weighted by atomic mass is 10.2. The number of benzene rings is 2. The number of amides is 2. The van der Waals surface area contributed by atoms with Crippen molar-refractivity contribution < 1.29 is 9.53 Å². The highest BCUT2D eigenvalue weighted by Gasteiger charge is 2.06. The molecule has 2 aromatic rings. The number of hydrogen-bond acceptors (Lipinski definition) is 2. The average Bonchev–Trinajstić information content (AvgIpc) is 2.48. The molecular formula is C16H15ClN2O2. The molecule has 0 radical (unpaired) electrons. The van der Waals surface area contributed by atoms with Crippen molar-refractivity contribution in [2.24, 2.45) is 0 Å². The molecule has 2 rings (SSSR count). The number of nitrogens with one attached hydrogen (secondary N) is 2. The minimum atomic E-state index is -0.372. The molecule has 0 unspecified atom stereocenters. The predicted molar refractivity (Wildman–Crippen MR) is 85.6 cm³/mol. The van der Waals surface area contributed by atoms with Crippen LogP contribution in [0.15, 0.2) is 54.7 Å². The van der Waals surface area contributed by atoms with Crippen LogP contribution in [-0.4, -0.2) is 13.1 Å². The fourth-order valence-electron chi connectivity index (χ4n) is 1.71. The van der Waals surface area contributed by atoms with Gasteiger partial charge in [0.2, 0.25) is 0 Å². The molecule has 0 saturated carbocycles. The highest BCUT2D eigenvalue weighted by Crippen LogP contribution is 2.27. The number of anilines is 1. The summed E-state index contributed by atoms with van der Waals surface area (Å²) in [7, 11) is 1.53. The van der Waals surface area contributed by atoms with Crippen molar-refractivity contribution in [1.82, 2.24) is 5.32 Å². The second-order valence-electron chi connectivity index (χ2n) is 4.19. The highest BCUT2D eigenvalue weighted by molar-refractivity contribution is 6.31. The lowest BCUT2D eigenvalue weighted by molar-refractivity contribution is 0.255.